The molecule has 3 aromatic rings. The number of nitrogen functional groups attached to an aromatic ring is 1. The molecule has 106 valence electrons. The SMILES string of the molecule is Nc1cccc(OCCn2nnnc2-c2ccncc2)c1. The lowest BCUT2D eigenvalue weighted by atomic mass is 10.2. The first-order valence-corrected chi connectivity index (χ1v) is 6.48. The molecule has 0 aliphatic heterocycles. The fourth-order valence-electron chi connectivity index (χ4n) is 1.92. The lowest BCUT2D eigenvalue weighted by molar-refractivity contribution is 0.291. The van der Waals surface area contributed by atoms with E-state index in [0.717, 1.165) is 11.3 Å². The van der Waals surface area contributed by atoms with Gasteiger partial charge >= 0.3 is 0 Å². The van der Waals surface area contributed by atoms with Gasteiger partial charge in [0.1, 0.15) is 12.4 Å². The number of aromatic nitrogens is 5. The van der Waals surface area contributed by atoms with Crippen molar-refractivity contribution in [2.24, 2.45) is 0 Å². The Kier molecular flexibility index (Phi) is 3.72. The van der Waals surface area contributed by atoms with Gasteiger partial charge in [0.05, 0.1) is 6.54 Å². The number of ether oxygens (including phenoxy) is 1. The van der Waals surface area contributed by atoms with Gasteiger partial charge in [0.15, 0.2) is 5.82 Å². The Morgan fingerprint density at radius 2 is 2.00 bits per heavy atom. The molecule has 3 rings (SSSR count). The van der Waals surface area contributed by atoms with Gasteiger partial charge in [0, 0.05) is 29.7 Å². The van der Waals surface area contributed by atoms with E-state index in [0.29, 0.717) is 24.7 Å². The second kappa shape index (κ2) is 6.00. The van der Waals surface area contributed by atoms with Crippen LogP contribution in [0.15, 0.2) is 48.8 Å². The van der Waals surface area contributed by atoms with Crippen LogP contribution in [-0.4, -0.2) is 31.8 Å². The molecule has 0 fully saturated rings. The van der Waals surface area contributed by atoms with Crippen molar-refractivity contribution in [3.05, 3.63) is 48.8 Å². The molecule has 21 heavy (non-hydrogen) atoms. The second-order valence-corrected chi connectivity index (χ2v) is 4.38. The Morgan fingerprint density at radius 1 is 1.14 bits per heavy atom. The van der Waals surface area contributed by atoms with Crippen LogP contribution >= 0.6 is 0 Å². The van der Waals surface area contributed by atoms with E-state index in [1.807, 2.05) is 30.3 Å². The molecule has 2 aromatic heterocycles. The highest BCUT2D eigenvalue weighted by Crippen LogP contribution is 2.16. The van der Waals surface area contributed by atoms with Crippen LogP contribution in [0.4, 0.5) is 5.69 Å². The Labute approximate surface area is 121 Å². The number of hydrogen-bond acceptors (Lipinski definition) is 6. The van der Waals surface area contributed by atoms with E-state index in [1.54, 1.807) is 23.1 Å². The monoisotopic (exact) mass is 282 g/mol. The number of tetrazole rings is 1. The highest BCUT2D eigenvalue weighted by atomic mass is 16.5. The quantitative estimate of drug-likeness (QED) is 0.711. The summed E-state index contributed by atoms with van der Waals surface area (Å²) >= 11 is 0. The van der Waals surface area contributed by atoms with Crippen molar-refractivity contribution in [2.45, 2.75) is 6.54 Å². The van der Waals surface area contributed by atoms with E-state index >= 15 is 0 Å². The molecule has 0 atom stereocenters. The lowest BCUT2D eigenvalue weighted by Crippen LogP contribution is -2.11. The average Bonchev–Trinajstić information content (AvgIpc) is 2.97. The molecule has 2 heterocycles. The maximum absolute atomic E-state index is 5.70. The van der Waals surface area contributed by atoms with E-state index in [2.05, 4.69) is 20.5 Å². The van der Waals surface area contributed by atoms with Crippen molar-refractivity contribution in [1.29, 1.82) is 0 Å². The molecular weight excluding hydrogens is 268 g/mol. The molecule has 0 radical (unpaired) electrons. The minimum Gasteiger partial charge on any atom is -0.492 e. The van der Waals surface area contributed by atoms with Gasteiger partial charge in [-0.15, -0.1) is 5.10 Å². The summed E-state index contributed by atoms with van der Waals surface area (Å²) in [7, 11) is 0. The summed E-state index contributed by atoms with van der Waals surface area (Å²) in [6.07, 6.45) is 3.41. The van der Waals surface area contributed by atoms with Crippen molar-refractivity contribution in [3.63, 3.8) is 0 Å². The van der Waals surface area contributed by atoms with Crippen molar-refractivity contribution >= 4 is 5.69 Å². The van der Waals surface area contributed by atoms with E-state index in [4.69, 9.17) is 10.5 Å². The number of pyridine rings is 1. The zero-order valence-electron chi connectivity index (χ0n) is 11.3. The van der Waals surface area contributed by atoms with E-state index in [-0.39, 0.29) is 0 Å². The topological polar surface area (TPSA) is 91.7 Å². The minimum atomic E-state index is 0.451. The molecule has 0 spiro atoms. The number of hydrogen-bond donors (Lipinski definition) is 1. The first-order valence-electron chi connectivity index (χ1n) is 6.48. The molecule has 0 aliphatic carbocycles. The third kappa shape index (κ3) is 3.14. The Hall–Kier alpha value is -2.96. The number of nitrogens with zero attached hydrogens (tertiary/aromatic N) is 5. The Balaban J connectivity index is 1.66. The van der Waals surface area contributed by atoms with Crippen LogP contribution in [0.2, 0.25) is 0 Å². The zero-order valence-corrected chi connectivity index (χ0v) is 11.3. The highest BCUT2D eigenvalue weighted by molar-refractivity contribution is 5.52. The molecule has 0 amide bonds. The number of nitrogens with two attached hydrogens (primary N) is 1. The number of benzene rings is 1. The minimum absolute atomic E-state index is 0.451. The predicted molar refractivity (Wildman–Crippen MR) is 77.4 cm³/mol. The second-order valence-electron chi connectivity index (χ2n) is 4.38. The van der Waals surface area contributed by atoms with Gasteiger partial charge in [-0.25, -0.2) is 4.68 Å². The van der Waals surface area contributed by atoms with Crippen LogP contribution < -0.4 is 10.5 Å². The largest absolute Gasteiger partial charge is 0.492 e. The van der Waals surface area contributed by atoms with Gasteiger partial charge in [-0.3, -0.25) is 4.98 Å². The van der Waals surface area contributed by atoms with Crippen molar-refractivity contribution in [2.75, 3.05) is 12.3 Å². The third-order valence-corrected chi connectivity index (χ3v) is 2.90. The molecule has 0 saturated carbocycles. The van der Waals surface area contributed by atoms with Crippen molar-refractivity contribution < 1.29 is 4.74 Å². The molecule has 0 aliphatic rings. The van der Waals surface area contributed by atoms with Gasteiger partial charge in [0.25, 0.3) is 0 Å². The predicted octanol–water partition coefficient (Wildman–Crippen LogP) is 1.40. The Morgan fingerprint density at radius 3 is 2.81 bits per heavy atom. The number of rotatable bonds is 5. The van der Waals surface area contributed by atoms with Gasteiger partial charge in [0.2, 0.25) is 0 Å². The van der Waals surface area contributed by atoms with Gasteiger partial charge in [-0.1, -0.05) is 6.07 Å². The van der Waals surface area contributed by atoms with Crippen LogP contribution in [0, 0.1) is 0 Å². The number of anilines is 1. The van der Waals surface area contributed by atoms with Crippen molar-refractivity contribution in [3.8, 4) is 17.1 Å². The van der Waals surface area contributed by atoms with E-state index in [1.165, 1.54) is 0 Å². The summed E-state index contributed by atoms with van der Waals surface area (Å²) in [6, 6.07) is 11.0. The van der Waals surface area contributed by atoms with Gasteiger partial charge in [-0.2, -0.15) is 0 Å². The summed E-state index contributed by atoms with van der Waals surface area (Å²) in [6.45, 7) is 0.992. The smallest absolute Gasteiger partial charge is 0.182 e. The Bertz CT molecular complexity index is 712. The average molecular weight is 282 g/mol. The molecule has 0 saturated heterocycles. The summed E-state index contributed by atoms with van der Waals surface area (Å²) in [5.74, 6) is 1.42. The van der Waals surface area contributed by atoms with E-state index in [9.17, 15) is 0 Å². The van der Waals surface area contributed by atoms with Crippen LogP contribution in [0.3, 0.4) is 0 Å². The fourth-order valence-corrected chi connectivity index (χ4v) is 1.92. The molecule has 2 N–H and O–H groups in total. The summed E-state index contributed by atoms with van der Waals surface area (Å²) < 4.78 is 7.34. The van der Waals surface area contributed by atoms with Crippen LogP contribution in [0.1, 0.15) is 0 Å². The molecule has 7 nitrogen and oxygen atoms in total. The highest BCUT2D eigenvalue weighted by Gasteiger charge is 2.08. The molecular formula is C14H14N6O. The summed E-state index contributed by atoms with van der Waals surface area (Å²) in [5.41, 5.74) is 7.29. The summed E-state index contributed by atoms with van der Waals surface area (Å²) in [4.78, 5) is 3.98. The third-order valence-electron chi connectivity index (χ3n) is 2.90. The van der Waals surface area contributed by atoms with Crippen LogP contribution in [0.25, 0.3) is 11.4 Å². The normalized spacial score (nSPS) is 10.5. The first-order chi connectivity index (χ1) is 10.3. The molecule has 7 heteroatoms. The summed E-state index contributed by atoms with van der Waals surface area (Å²) in [5, 5.41) is 11.7. The van der Waals surface area contributed by atoms with Crippen LogP contribution in [-0.2, 0) is 6.54 Å². The maximum Gasteiger partial charge on any atom is 0.182 e. The van der Waals surface area contributed by atoms with Gasteiger partial charge < -0.3 is 10.5 Å². The first kappa shape index (κ1) is 13.0. The maximum atomic E-state index is 5.70. The standard InChI is InChI=1S/C14H14N6O/c15-12-2-1-3-13(10-12)21-9-8-20-14(17-18-19-20)11-4-6-16-7-5-11/h1-7,10H,8-9,15H2. The fraction of sp³-hybridized carbons (Fsp3) is 0.143. The van der Waals surface area contributed by atoms with Crippen LogP contribution in [0.5, 0.6) is 5.75 Å². The lowest BCUT2D eigenvalue weighted by Gasteiger charge is -2.07. The van der Waals surface area contributed by atoms with Gasteiger partial charge in [-0.05, 0) is 34.7 Å². The van der Waals surface area contributed by atoms with E-state index < -0.39 is 0 Å². The zero-order chi connectivity index (χ0) is 14.5. The molecule has 0 bridgehead atoms. The molecule has 1 aromatic carbocycles. The van der Waals surface area contributed by atoms with Crippen molar-refractivity contribution in [1.82, 2.24) is 25.2 Å². The molecule has 0 unspecified atom stereocenters.